The molecule has 0 saturated carbocycles. The largest absolute Gasteiger partial charge is 0.468 e. The summed E-state index contributed by atoms with van der Waals surface area (Å²) in [6.45, 7) is 5.98. The van der Waals surface area contributed by atoms with E-state index < -0.39 is 23.1 Å². The zero-order chi connectivity index (χ0) is 23.1. The van der Waals surface area contributed by atoms with Crippen LogP contribution in [0.1, 0.15) is 45.6 Å². The van der Waals surface area contributed by atoms with Gasteiger partial charge in [0.25, 0.3) is 0 Å². The van der Waals surface area contributed by atoms with Gasteiger partial charge in [-0.3, -0.25) is 9.59 Å². The maximum atomic E-state index is 13.7. The molecule has 0 unspecified atom stereocenters. The van der Waals surface area contributed by atoms with E-state index in [0.29, 0.717) is 13.0 Å². The third kappa shape index (κ3) is 3.94. The number of aromatic amines is 1. The second-order valence-corrected chi connectivity index (χ2v) is 9.77. The van der Waals surface area contributed by atoms with Gasteiger partial charge in [0.05, 0.1) is 19.2 Å². The van der Waals surface area contributed by atoms with Crippen molar-refractivity contribution in [1.29, 1.82) is 0 Å². The van der Waals surface area contributed by atoms with E-state index in [9.17, 15) is 14.4 Å². The zero-order valence-corrected chi connectivity index (χ0v) is 19.1. The van der Waals surface area contributed by atoms with Crippen LogP contribution in [-0.2, 0) is 25.5 Å². The van der Waals surface area contributed by atoms with E-state index in [-0.39, 0.29) is 24.4 Å². The summed E-state index contributed by atoms with van der Waals surface area (Å²) in [5.41, 5.74) is -0.0801. The summed E-state index contributed by atoms with van der Waals surface area (Å²) in [6, 6.07) is 7.25. The number of piperidine rings is 1. The van der Waals surface area contributed by atoms with Crippen LogP contribution in [0.2, 0.25) is 0 Å². The summed E-state index contributed by atoms with van der Waals surface area (Å²) >= 11 is 0. The first kappa shape index (κ1) is 22.2. The molecule has 4 rings (SSSR count). The molecule has 2 saturated heterocycles. The number of amides is 2. The van der Waals surface area contributed by atoms with Gasteiger partial charge < -0.3 is 24.7 Å². The van der Waals surface area contributed by atoms with Gasteiger partial charge in [-0.1, -0.05) is 18.2 Å². The number of nitrogens with one attached hydrogen (secondary N) is 2. The third-order valence-corrected chi connectivity index (χ3v) is 6.45. The molecule has 2 aliphatic heterocycles. The van der Waals surface area contributed by atoms with Crippen LogP contribution in [0.5, 0.6) is 0 Å². The predicted molar refractivity (Wildman–Crippen MR) is 119 cm³/mol. The number of nitrogens with zero attached hydrogens (tertiary/aromatic N) is 1. The van der Waals surface area contributed by atoms with Gasteiger partial charge in [-0.2, -0.15) is 0 Å². The Kier molecular flexibility index (Phi) is 5.65. The fraction of sp³-hybridized carbons (Fsp3) is 0.542. The number of methoxy groups -OCH3 is 1. The molecule has 2 fully saturated rings. The molecule has 0 spiro atoms. The van der Waals surface area contributed by atoms with E-state index in [0.717, 1.165) is 29.3 Å². The fourth-order valence-corrected chi connectivity index (χ4v) is 5.10. The number of alkyl carbamates (subject to hydrolysis) is 1. The molecule has 0 radical (unpaired) electrons. The molecule has 32 heavy (non-hydrogen) atoms. The van der Waals surface area contributed by atoms with Crippen molar-refractivity contribution in [3.63, 3.8) is 0 Å². The van der Waals surface area contributed by atoms with E-state index in [4.69, 9.17) is 9.47 Å². The number of hydrogen-bond acceptors (Lipinski definition) is 5. The summed E-state index contributed by atoms with van der Waals surface area (Å²) in [5.74, 6) is -0.756. The van der Waals surface area contributed by atoms with Crippen LogP contribution in [-0.4, -0.2) is 59.2 Å². The molecular formula is C24H31N3O5. The number of carbonyl (C=O) groups is 3. The minimum Gasteiger partial charge on any atom is -0.468 e. The molecule has 2 N–H and O–H groups in total. The average molecular weight is 442 g/mol. The Labute approximate surface area is 187 Å². The Morgan fingerprint density at radius 2 is 2.03 bits per heavy atom. The van der Waals surface area contributed by atoms with Crippen LogP contribution in [0.4, 0.5) is 4.79 Å². The highest BCUT2D eigenvalue weighted by molar-refractivity contribution is 6.05. The molecule has 8 nitrogen and oxygen atoms in total. The molecule has 3 heterocycles. The highest BCUT2D eigenvalue weighted by Gasteiger charge is 2.60. The monoisotopic (exact) mass is 441 g/mol. The second-order valence-electron chi connectivity index (χ2n) is 9.77. The standard InChI is InChI=1S/C24H31N3O5/c1-23(2,3)32-22(30)26-18-10-7-11-27-19(18)13-24(20(27)28,21(29)31-4)12-15-14-25-17-9-6-5-8-16(15)17/h5-6,8-9,14,18-19,25H,7,10-13H2,1-4H3,(H,26,30)/t18-,19-,24-/m0/s1. The first-order valence-corrected chi connectivity index (χ1v) is 11.1. The first-order chi connectivity index (χ1) is 15.1. The molecule has 1 aromatic carbocycles. The van der Waals surface area contributed by atoms with Gasteiger partial charge >= 0.3 is 12.1 Å². The van der Waals surface area contributed by atoms with Crippen LogP contribution in [0.3, 0.4) is 0 Å². The van der Waals surface area contributed by atoms with Gasteiger partial charge in [0, 0.05) is 23.6 Å². The predicted octanol–water partition coefficient (Wildman–Crippen LogP) is 3.16. The summed E-state index contributed by atoms with van der Waals surface area (Å²) in [6.07, 6.45) is 3.35. The minimum atomic E-state index is -1.32. The maximum Gasteiger partial charge on any atom is 0.407 e. The number of ether oxygens (including phenoxy) is 2. The van der Waals surface area contributed by atoms with E-state index >= 15 is 0 Å². The van der Waals surface area contributed by atoms with Crippen molar-refractivity contribution in [3.05, 3.63) is 36.0 Å². The van der Waals surface area contributed by atoms with E-state index in [2.05, 4.69) is 10.3 Å². The number of para-hydroxylation sites is 1. The van der Waals surface area contributed by atoms with Gasteiger partial charge in [-0.05, 0) is 58.1 Å². The Balaban J connectivity index is 1.63. The number of esters is 1. The quantitative estimate of drug-likeness (QED) is 0.561. The molecule has 1 aromatic heterocycles. The molecule has 2 amide bonds. The maximum absolute atomic E-state index is 13.7. The van der Waals surface area contributed by atoms with Crippen molar-refractivity contribution >= 4 is 28.9 Å². The minimum absolute atomic E-state index is 0.227. The van der Waals surface area contributed by atoms with Crippen LogP contribution in [0.25, 0.3) is 10.9 Å². The van der Waals surface area contributed by atoms with Crippen molar-refractivity contribution in [2.24, 2.45) is 5.41 Å². The molecule has 0 aliphatic carbocycles. The Morgan fingerprint density at radius 1 is 1.28 bits per heavy atom. The summed E-state index contributed by atoms with van der Waals surface area (Å²) in [4.78, 5) is 44.1. The normalized spacial score (nSPS) is 25.5. The molecular weight excluding hydrogens is 410 g/mol. The fourth-order valence-electron chi connectivity index (χ4n) is 5.10. The average Bonchev–Trinajstić information content (AvgIpc) is 3.27. The smallest absolute Gasteiger partial charge is 0.407 e. The highest BCUT2D eigenvalue weighted by Crippen LogP contribution is 2.44. The van der Waals surface area contributed by atoms with Crippen molar-refractivity contribution in [2.45, 2.75) is 64.1 Å². The van der Waals surface area contributed by atoms with Gasteiger partial charge in [-0.25, -0.2) is 4.79 Å². The number of carbonyl (C=O) groups excluding carboxylic acids is 3. The van der Waals surface area contributed by atoms with Crippen LogP contribution >= 0.6 is 0 Å². The lowest BCUT2D eigenvalue weighted by molar-refractivity contribution is -0.159. The second kappa shape index (κ2) is 8.15. The van der Waals surface area contributed by atoms with Crippen molar-refractivity contribution < 1.29 is 23.9 Å². The van der Waals surface area contributed by atoms with Gasteiger partial charge in [0.15, 0.2) is 5.41 Å². The van der Waals surface area contributed by atoms with Gasteiger partial charge in [0.1, 0.15) is 5.60 Å². The van der Waals surface area contributed by atoms with Crippen LogP contribution < -0.4 is 5.32 Å². The van der Waals surface area contributed by atoms with Crippen LogP contribution in [0, 0.1) is 5.41 Å². The van der Waals surface area contributed by atoms with E-state index in [1.807, 2.05) is 51.2 Å². The Hall–Kier alpha value is -3.03. The molecule has 3 atom stereocenters. The number of fused-ring (bicyclic) bond motifs is 2. The SMILES string of the molecule is COC(=O)[C@@]1(Cc2c[nH]c3ccccc23)C[C@H]2[C@@H](NC(=O)OC(C)(C)C)CCCN2C1=O. The van der Waals surface area contributed by atoms with Crippen molar-refractivity contribution in [2.75, 3.05) is 13.7 Å². The lowest BCUT2D eigenvalue weighted by atomic mass is 9.77. The lowest BCUT2D eigenvalue weighted by Gasteiger charge is -2.37. The number of benzene rings is 1. The molecule has 2 aromatic rings. The molecule has 172 valence electrons. The van der Waals surface area contributed by atoms with Crippen molar-refractivity contribution in [3.8, 4) is 0 Å². The summed E-state index contributed by atoms with van der Waals surface area (Å²) in [5, 5.41) is 3.92. The van der Waals surface area contributed by atoms with Gasteiger partial charge in [-0.15, -0.1) is 0 Å². The number of H-pyrrole nitrogens is 1. The summed E-state index contributed by atoms with van der Waals surface area (Å²) in [7, 11) is 1.32. The Morgan fingerprint density at radius 3 is 2.75 bits per heavy atom. The first-order valence-electron chi connectivity index (χ1n) is 11.1. The van der Waals surface area contributed by atoms with Crippen LogP contribution in [0.15, 0.2) is 30.5 Å². The molecule has 0 bridgehead atoms. The molecule has 8 heteroatoms. The van der Waals surface area contributed by atoms with E-state index in [1.54, 1.807) is 4.90 Å². The third-order valence-electron chi connectivity index (χ3n) is 6.45. The zero-order valence-electron chi connectivity index (χ0n) is 19.1. The van der Waals surface area contributed by atoms with E-state index in [1.165, 1.54) is 7.11 Å². The Bertz CT molecular complexity index is 1040. The summed E-state index contributed by atoms with van der Waals surface area (Å²) < 4.78 is 10.6. The number of hydrogen-bond donors (Lipinski definition) is 2. The number of aromatic nitrogens is 1. The van der Waals surface area contributed by atoms with Gasteiger partial charge in [0.2, 0.25) is 5.91 Å². The highest BCUT2D eigenvalue weighted by atomic mass is 16.6. The number of rotatable bonds is 4. The topological polar surface area (TPSA) is 101 Å². The lowest BCUT2D eigenvalue weighted by Crippen LogP contribution is -2.54. The molecule has 2 aliphatic rings. The van der Waals surface area contributed by atoms with Crippen molar-refractivity contribution in [1.82, 2.24) is 15.2 Å².